The summed E-state index contributed by atoms with van der Waals surface area (Å²) in [5.41, 5.74) is -1.14. The van der Waals surface area contributed by atoms with Gasteiger partial charge < -0.3 is 14.6 Å². The fraction of sp³-hybridized carbons (Fsp3) is 0.500. The molecule has 1 heterocycles. The Kier molecular flexibility index (Phi) is 4.79. The molecular weight excluding hydrogens is 302 g/mol. The number of esters is 2. The number of carbonyl (C=O) groups excluding carboxylic acids is 3. The number of nitrogens with zero attached hydrogens (tertiary/aromatic N) is 1. The molecular formula is C16H19NO6. The van der Waals surface area contributed by atoms with E-state index in [2.05, 4.69) is 4.98 Å². The van der Waals surface area contributed by atoms with E-state index < -0.39 is 41.1 Å². The Morgan fingerprint density at radius 2 is 1.96 bits per heavy atom. The third-order valence-corrected chi connectivity index (χ3v) is 4.25. The van der Waals surface area contributed by atoms with Gasteiger partial charge in [0.1, 0.15) is 5.92 Å². The molecule has 7 heteroatoms. The molecule has 1 aliphatic rings. The largest absolute Gasteiger partial charge is 0.469 e. The van der Waals surface area contributed by atoms with Gasteiger partial charge in [-0.1, -0.05) is 6.07 Å². The lowest BCUT2D eigenvalue weighted by Crippen LogP contribution is -2.55. The average Bonchev–Trinajstić information content (AvgIpc) is 2.52. The van der Waals surface area contributed by atoms with Crippen molar-refractivity contribution in [2.24, 2.45) is 11.8 Å². The first-order valence-corrected chi connectivity index (χ1v) is 7.14. The lowest BCUT2D eigenvalue weighted by Gasteiger charge is -2.43. The van der Waals surface area contributed by atoms with E-state index in [1.165, 1.54) is 33.5 Å². The molecule has 7 nitrogen and oxygen atoms in total. The Balaban J connectivity index is 2.61. The van der Waals surface area contributed by atoms with E-state index in [9.17, 15) is 19.5 Å². The summed E-state index contributed by atoms with van der Waals surface area (Å²) in [4.78, 5) is 40.8. The normalized spacial score (nSPS) is 30.6. The number of hydrogen-bond donors (Lipinski definition) is 1. The van der Waals surface area contributed by atoms with E-state index >= 15 is 0 Å². The highest BCUT2D eigenvalue weighted by Crippen LogP contribution is 2.46. The zero-order valence-corrected chi connectivity index (χ0v) is 13.2. The Bertz CT molecular complexity index is 612. The molecule has 0 amide bonds. The minimum absolute atomic E-state index is 0.330. The van der Waals surface area contributed by atoms with Crippen LogP contribution in [0.5, 0.6) is 0 Å². The summed E-state index contributed by atoms with van der Waals surface area (Å²) in [6.45, 7) is 1.39. The molecule has 0 radical (unpaired) electrons. The Labute approximate surface area is 133 Å². The van der Waals surface area contributed by atoms with E-state index in [1.807, 2.05) is 0 Å². The summed E-state index contributed by atoms with van der Waals surface area (Å²) in [5, 5.41) is 10.6. The highest BCUT2D eigenvalue weighted by atomic mass is 16.5. The number of aromatic nitrogens is 1. The van der Waals surface area contributed by atoms with Crippen molar-refractivity contribution < 1.29 is 29.0 Å². The lowest BCUT2D eigenvalue weighted by molar-refractivity contribution is -0.170. The van der Waals surface area contributed by atoms with Gasteiger partial charge in [-0.25, -0.2) is 0 Å². The van der Waals surface area contributed by atoms with Crippen LogP contribution in [0.2, 0.25) is 0 Å². The van der Waals surface area contributed by atoms with E-state index in [0.29, 0.717) is 5.56 Å². The lowest BCUT2D eigenvalue weighted by atomic mass is 9.62. The van der Waals surface area contributed by atoms with Crippen molar-refractivity contribution in [3.63, 3.8) is 0 Å². The van der Waals surface area contributed by atoms with Crippen LogP contribution in [-0.4, -0.2) is 47.6 Å². The van der Waals surface area contributed by atoms with E-state index in [4.69, 9.17) is 9.47 Å². The molecule has 0 unspecified atom stereocenters. The van der Waals surface area contributed by atoms with Gasteiger partial charge in [0.05, 0.1) is 25.7 Å². The minimum Gasteiger partial charge on any atom is -0.469 e. The highest BCUT2D eigenvalue weighted by Gasteiger charge is 2.56. The van der Waals surface area contributed by atoms with Crippen LogP contribution in [0, 0.1) is 11.8 Å². The van der Waals surface area contributed by atoms with E-state index in [-0.39, 0.29) is 6.42 Å². The first-order valence-electron chi connectivity index (χ1n) is 7.14. The third-order valence-electron chi connectivity index (χ3n) is 4.25. The van der Waals surface area contributed by atoms with Crippen LogP contribution in [0.15, 0.2) is 24.5 Å². The van der Waals surface area contributed by atoms with Crippen molar-refractivity contribution in [2.45, 2.75) is 24.9 Å². The van der Waals surface area contributed by atoms with Crippen LogP contribution >= 0.6 is 0 Å². The molecule has 1 fully saturated rings. The molecule has 1 aromatic heterocycles. The number of ether oxygens (including phenoxy) is 2. The first kappa shape index (κ1) is 17.1. The molecule has 23 heavy (non-hydrogen) atoms. The molecule has 0 aromatic carbocycles. The van der Waals surface area contributed by atoms with Gasteiger partial charge in [0.25, 0.3) is 0 Å². The molecule has 1 aromatic rings. The second kappa shape index (κ2) is 6.45. The van der Waals surface area contributed by atoms with Crippen LogP contribution in [0.25, 0.3) is 0 Å². The van der Waals surface area contributed by atoms with Crippen LogP contribution in [0.1, 0.15) is 24.8 Å². The number of pyridine rings is 1. The fourth-order valence-electron chi connectivity index (χ4n) is 3.24. The van der Waals surface area contributed by atoms with Crippen molar-refractivity contribution in [1.82, 2.24) is 4.98 Å². The summed E-state index contributed by atoms with van der Waals surface area (Å²) in [5.74, 6) is -5.08. The molecule has 0 saturated heterocycles. The van der Waals surface area contributed by atoms with Crippen LogP contribution in [0.4, 0.5) is 0 Å². The minimum atomic E-state index is -1.63. The quantitative estimate of drug-likeness (QED) is 0.637. The Morgan fingerprint density at radius 1 is 1.30 bits per heavy atom. The second-order valence-electron chi connectivity index (χ2n) is 5.81. The van der Waals surface area contributed by atoms with Crippen LogP contribution in [-0.2, 0) is 23.9 Å². The summed E-state index contributed by atoms with van der Waals surface area (Å²) in [7, 11) is 2.37. The van der Waals surface area contributed by atoms with Crippen LogP contribution in [0.3, 0.4) is 0 Å². The number of Topliss-reactive ketones (excluding diaryl/α,β-unsaturated/α-hetero) is 1. The summed E-state index contributed by atoms with van der Waals surface area (Å²) < 4.78 is 9.52. The van der Waals surface area contributed by atoms with Gasteiger partial charge in [-0.15, -0.1) is 0 Å². The molecule has 4 atom stereocenters. The summed E-state index contributed by atoms with van der Waals surface area (Å²) in [6, 6.07) is 3.28. The molecule has 0 aliphatic heterocycles. The molecule has 1 N–H and O–H groups in total. The van der Waals surface area contributed by atoms with Crippen molar-refractivity contribution in [3.8, 4) is 0 Å². The van der Waals surface area contributed by atoms with Crippen molar-refractivity contribution in [1.29, 1.82) is 0 Å². The zero-order chi connectivity index (χ0) is 17.2. The van der Waals surface area contributed by atoms with Crippen molar-refractivity contribution in [3.05, 3.63) is 30.1 Å². The topological polar surface area (TPSA) is 103 Å². The number of methoxy groups -OCH3 is 2. The highest BCUT2D eigenvalue weighted by molar-refractivity contribution is 6.02. The van der Waals surface area contributed by atoms with Gasteiger partial charge in [-0.05, 0) is 18.6 Å². The van der Waals surface area contributed by atoms with Crippen molar-refractivity contribution in [2.75, 3.05) is 14.2 Å². The van der Waals surface area contributed by atoms with Crippen molar-refractivity contribution >= 4 is 17.7 Å². The monoisotopic (exact) mass is 321 g/mol. The zero-order valence-electron chi connectivity index (χ0n) is 13.2. The summed E-state index contributed by atoms with van der Waals surface area (Å²) >= 11 is 0. The van der Waals surface area contributed by atoms with Gasteiger partial charge in [-0.2, -0.15) is 0 Å². The molecule has 0 spiro atoms. The molecule has 1 aliphatic carbocycles. The number of rotatable bonds is 3. The summed E-state index contributed by atoms with van der Waals surface area (Å²) in [6.07, 6.45) is 2.67. The Morgan fingerprint density at radius 3 is 2.48 bits per heavy atom. The number of ketones is 1. The fourth-order valence-corrected chi connectivity index (χ4v) is 3.24. The number of carbonyl (C=O) groups is 3. The standard InChI is InChI=1S/C16H19NO6/c1-16(21)7-10(18)12(14(19)22-2)11(13(16)15(20)23-3)9-5-4-6-17-8-9/h4-6,8,11-13,21H,7H2,1-3H3/t11-,12-,13-,16+/m1/s1. The van der Waals surface area contributed by atoms with E-state index in [1.54, 1.807) is 12.1 Å². The molecule has 0 bridgehead atoms. The molecule has 1 saturated carbocycles. The second-order valence-corrected chi connectivity index (χ2v) is 5.81. The number of hydrogen-bond acceptors (Lipinski definition) is 7. The average molecular weight is 321 g/mol. The predicted octanol–water partition coefficient (Wildman–Crippen LogP) is 0.467. The maximum atomic E-state index is 12.4. The Hall–Kier alpha value is -2.28. The van der Waals surface area contributed by atoms with Gasteiger partial charge in [-0.3, -0.25) is 19.4 Å². The molecule has 2 rings (SSSR count). The first-order chi connectivity index (χ1) is 10.8. The maximum Gasteiger partial charge on any atom is 0.316 e. The van der Waals surface area contributed by atoms with Gasteiger partial charge in [0, 0.05) is 24.7 Å². The SMILES string of the molecule is COC(=O)[C@@H]1C(=O)C[C@](C)(O)[C@@H](C(=O)OC)[C@@H]1c1cccnc1. The van der Waals surface area contributed by atoms with Gasteiger partial charge in [0.2, 0.25) is 0 Å². The maximum absolute atomic E-state index is 12.4. The van der Waals surface area contributed by atoms with Gasteiger partial charge >= 0.3 is 11.9 Å². The smallest absolute Gasteiger partial charge is 0.316 e. The van der Waals surface area contributed by atoms with E-state index in [0.717, 1.165) is 0 Å². The van der Waals surface area contributed by atoms with Gasteiger partial charge in [0.15, 0.2) is 5.78 Å². The molecule has 124 valence electrons. The number of aliphatic hydroxyl groups is 1. The third kappa shape index (κ3) is 3.10. The predicted molar refractivity (Wildman–Crippen MR) is 78.2 cm³/mol. The van der Waals surface area contributed by atoms with Crippen LogP contribution < -0.4 is 0 Å².